The molecule has 1 atom stereocenters. The van der Waals surface area contributed by atoms with E-state index in [-0.39, 0.29) is 18.0 Å². The number of nitro benzene ring substituents is 1. The Labute approximate surface area is 105 Å². The van der Waals surface area contributed by atoms with Gasteiger partial charge in [0.15, 0.2) is 0 Å². The number of hydrogen-bond acceptors (Lipinski definition) is 3. The summed E-state index contributed by atoms with van der Waals surface area (Å²) < 4.78 is 49.0. The van der Waals surface area contributed by atoms with Gasteiger partial charge in [-0.3, -0.25) is 10.1 Å². The Balaban J connectivity index is 0.00000289. The highest BCUT2D eigenvalue weighted by atomic mass is 35.5. The zero-order valence-electron chi connectivity index (χ0n) is 8.78. The lowest BCUT2D eigenvalue weighted by Crippen LogP contribution is -2.20. The summed E-state index contributed by atoms with van der Waals surface area (Å²) >= 11 is 0. The maximum atomic E-state index is 12.9. The fourth-order valence-corrected chi connectivity index (χ4v) is 1.27. The maximum absolute atomic E-state index is 12.9. The Bertz CT molecular complexity index is 439. The van der Waals surface area contributed by atoms with Gasteiger partial charge in [0.25, 0.3) is 0 Å². The number of nitro groups is 1. The maximum Gasteiger partial charge on any atom is 0.390 e. The molecular formula is C9H9ClF4N2O2. The van der Waals surface area contributed by atoms with Crippen molar-refractivity contribution < 1.29 is 22.5 Å². The molecule has 18 heavy (non-hydrogen) atoms. The first-order valence-corrected chi connectivity index (χ1v) is 4.47. The van der Waals surface area contributed by atoms with E-state index in [0.29, 0.717) is 6.07 Å². The molecule has 0 heterocycles. The summed E-state index contributed by atoms with van der Waals surface area (Å²) in [4.78, 5) is 9.37. The van der Waals surface area contributed by atoms with Crippen molar-refractivity contribution in [2.24, 2.45) is 5.73 Å². The zero-order valence-corrected chi connectivity index (χ0v) is 9.59. The predicted molar refractivity (Wildman–Crippen MR) is 57.9 cm³/mol. The number of alkyl halides is 3. The van der Waals surface area contributed by atoms with Gasteiger partial charge in [-0.1, -0.05) is 6.07 Å². The van der Waals surface area contributed by atoms with Crippen LogP contribution in [0.2, 0.25) is 0 Å². The van der Waals surface area contributed by atoms with Crippen molar-refractivity contribution in [2.75, 3.05) is 0 Å². The molecule has 0 aromatic heterocycles. The van der Waals surface area contributed by atoms with E-state index in [4.69, 9.17) is 5.73 Å². The summed E-state index contributed by atoms with van der Waals surface area (Å²) in [6.07, 6.45) is -5.81. The van der Waals surface area contributed by atoms with Gasteiger partial charge in [-0.15, -0.1) is 12.4 Å². The summed E-state index contributed by atoms with van der Waals surface area (Å²) in [5, 5.41) is 10.4. The first-order chi connectivity index (χ1) is 7.70. The van der Waals surface area contributed by atoms with E-state index >= 15 is 0 Å². The second-order valence-electron chi connectivity index (χ2n) is 3.39. The molecule has 0 fully saturated rings. The molecule has 1 aromatic rings. The first-order valence-electron chi connectivity index (χ1n) is 4.47. The molecule has 0 amide bonds. The average Bonchev–Trinajstić information content (AvgIpc) is 2.14. The third kappa shape index (κ3) is 4.46. The Morgan fingerprint density at radius 3 is 2.39 bits per heavy atom. The summed E-state index contributed by atoms with van der Waals surface area (Å²) in [5.74, 6) is -1.11. The van der Waals surface area contributed by atoms with Gasteiger partial charge in [-0.25, -0.2) is 0 Å². The Kier molecular flexibility index (Phi) is 5.50. The van der Waals surface area contributed by atoms with Crippen molar-refractivity contribution in [3.8, 4) is 0 Å². The minimum Gasteiger partial charge on any atom is -0.324 e. The van der Waals surface area contributed by atoms with Crippen LogP contribution in [0.5, 0.6) is 0 Å². The molecule has 0 aliphatic carbocycles. The van der Waals surface area contributed by atoms with Crippen LogP contribution < -0.4 is 5.73 Å². The smallest absolute Gasteiger partial charge is 0.324 e. The lowest BCUT2D eigenvalue weighted by atomic mass is 10.0. The number of halogens is 5. The molecule has 0 saturated carbocycles. The molecule has 0 bridgehead atoms. The van der Waals surface area contributed by atoms with Crippen LogP contribution in [-0.4, -0.2) is 11.1 Å². The standard InChI is InChI=1S/C9H8F4N2O2.ClH/c10-6-2-1-5(3-8(6)15(16)17)7(14)4-9(11,12)13;/h1-3,7H,4,14H2;1H/t7-;/m0./s1. The lowest BCUT2D eigenvalue weighted by Gasteiger charge is -2.14. The van der Waals surface area contributed by atoms with Gasteiger partial charge in [0, 0.05) is 12.1 Å². The topological polar surface area (TPSA) is 69.2 Å². The van der Waals surface area contributed by atoms with Crippen molar-refractivity contribution >= 4 is 18.1 Å². The van der Waals surface area contributed by atoms with Gasteiger partial charge >= 0.3 is 11.9 Å². The molecule has 9 heteroatoms. The number of rotatable bonds is 3. The van der Waals surface area contributed by atoms with E-state index < -0.39 is 35.1 Å². The lowest BCUT2D eigenvalue weighted by molar-refractivity contribution is -0.387. The molecule has 102 valence electrons. The van der Waals surface area contributed by atoms with Crippen LogP contribution in [-0.2, 0) is 0 Å². The molecule has 0 unspecified atom stereocenters. The van der Waals surface area contributed by atoms with Gasteiger partial charge in [0.2, 0.25) is 5.82 Å². The minimum atomic E-state index is -4.48. The Morgan fingerprint density at radius 2 is 1.94 bits per heavy atom. The summed E-state index contributed by atoms with van der Waals surface area (Å²) in [6, 6.07) is 0.989. The predicted octanol–water partition coefficient (Wildman–Crippen LogP) is 3.11. The SMILES string of the molecule is Cl.N[C@@H](CC(F)(F)F)c1ccc(F)c([N+](=O)[O-])c1. The van der Waals surface area contributed by atoms with Crippen LogP contribution in [0.3, 0.4) is 0 Å². The first kappa shape index (κ1) is 16.6. The van der Waals surface area contributed by atoms with E-state index in [1.54, 1.807) is 0 Å². The molecule has 0 saturated heterocycles. The van der Waals surface area contributed by atoms with Gasteiger partial charge in [-0.2, -0.15) is 17.6 Å². The minimum absolute atomic E-state index is 0. The quantitative estimate of drug-likeness (QED) is 0.528. The van der Waals surface area contributed by atoms with Crippen LogP contribution in [0.25, 0.3) is 0 Å². The second-order valence-corrected chi connectivity index (χ2v) is 3.39. The number of hydrogen-bond donors (Lipinski definition) is 1. The van der Waals surface area contributed by atoms with E-state index in [2.05, 4.69) is 0 Å². The second kappa shape index (κ2) is 5.96. The fourth-order valence-electron chi connectivity index (χ4n) is 1.27. The van der Waals surface area contributed by atoms with Crippen molar-refractivity contribution in [1.82, 2.24) is 0 Å². The Hall–Kier alpha value is -1.41. The highest BCUT2D eigenvalue weighted by Crippen LogP contribution is 2.30. The summed E-state index contributed by atoms with van der Waals surface area (Å²) in [5.41, 5.74) is 4.22. The van der Waals surface area contributed by atoms with Crippen molar-refractivity contribution in [2.45, 2.75) is 18.6 Å². The molecule has 0 aliphatic heterocycles. The molecule has 2 N–H and O–H groups in total. The van der Waals surface area contributed by atoms with Crippen LogP contribution >= 0.6 is 12.4 Å². The van der Waals surface area contributed by atoms with E-state index in [9.17, 15) is 27.7 Å². The molecular weight excluding hydrogens is 280 g/mol. The monoisotopic (exact) mass is 288 g/mol. The molecule has 4 nitrogen and oxygen atoms in total. The summed E-state index contributed by atoms with van der Waals surface area (Å²) in [7, 11) is 0. The number of benzene rings is 1. The normalized spacial score (nSPS) is 12.7. The molecule has 0 radical (unpaired) electrons. The van der Waals surface area contributed by atoms with E-state index in [0.717, 1.165) is 12.1 Å². The third-order valence-corrected chi connectivity index (χ3v) is 2.05. The van der Waals surface area contributed by atoms with Gasteiger partial charge < -0.3 is 5.73 Å². The number of nitrogens with zero attached hydrogens (tertiary/aromatic N) is 1. The van der Waals surface area contributed by atoms with Crippen molar-refractivity contribution in [3.05, 3.63) is 39.7 Å². The van der Waals surface area contributed by atoms with Crippen LogP contribution in [0.1, 0.15) is 18.0 Å². The summed E-state index contributed by atoms with van der Waals surface area (Å²) in [6.45, 7) is 0. The van der Waals surface area contributed by atoms with Crippen LogP contribution in [0.15, 0.2) is 18.2 Å². The Morgan fingerprint density at radius 1 is 1.39 bits per heavy atom. The van der Waals surface area contributed by atoms with Crippen molar-refractivity contribution in [3.63, 3.8) is 0 Å². The molecule has 1 aromatic carbocycles. The van der Waals surface area contributed by atoms with Crippen LogP contribution in [0.4, 0.5) is 23.2 Å². The molecule has 0 aliphatic rings. The highest BCUT2D eigenvalue weighted by molar-refractivity contribution is 5.85. The number of nitrogens with two attached hydrogens (primary N) is 1. The fraction of sp³-hybridized carbons (Fsp3) is 0.333. The van der Waals surface area contributed by atoms with Gasteiger partial charge in [-0.05, 0) is 11.6 Å². The van der Waals surface area contributed by atoms with E-state index in [1.165, 1.54) is 0 Å². The third-order valence-electron chi connectivity index (χ3n) is 2.05. The van der Waals surface area contributed by atoms with Gasteiger partial charge in [0.1, 0.15) is 0 Å². The van der Waals surface area contributed by atoms with Crippen LogP contribution in [0, 0.1) is 15.9 Å². The average molecular weight is 289 g/mol. The molecule has 1 rings (SSSR count). The highest BCUT2D eigenvalue weighted by Gasteiger charge is 2.31. The zero-order chi connectivity index (χ0) is 13.2. The van der Waals surface area contributed by atoms with Gasteiger partial charge in [0.05, 0.1) is 11.3 Å². The van der Waals surface area contributed by atoms with E-state index in [1.807, 2.05) is 0 Å². The molecule has 0 spiro atoms. The van der Waals surface area contributed by atoms with Crippen molar-refractivity contribution in [1.29, 1.82) is 0 Å². The largest absolute Gasteiger partial charge is 0.390 e.